The highest BCUT2D eigenvalue weighted by Gasteiger charge is 2.54. The van der Waals surface area contributed by atoms with Crippen LogP contribution >= 0.6 is 15.9 Å². The highest BCUT2D eigenvalue weighted by molar-refractivity contribution is 9.10. The Labute approximate surface area is 136 Å². The zero-order chi connectivity index (χ0) is 15.3. The van der Waals surface area contributed by atoms with Gasteiger partial charge in [0.15, 0.2) is 0 Å². The van der Waals surface area contributed by atoms with Crippen LogP contribution in [0.2, 0.25) is 0 Å². The number of pyridine rings is 1. The van der Waals surface area contributed by atoms with E-state index >= 15 is 0 Å². The summed E-state index contributed by atoms with van der Waals surface area (Å²) in [6, 6.07) is 10.1. The summed E-state index contributed by atoms with van der Waals surface area (Å²) in [6.07, 6.45) is 2.71. The zero-order valence-corrected chi connectivity index (χ0v) is 13.3. The molecule has 0 amide bonds. The van der Waals surface area contributed by atoms with Crippen LogP contribution in [0.3, 0.4) is 0 Å². The van der Waals surface area contributed by atoms with Crippen molar-refractivity contribution in [1.29, 1.82) is 0 Å². The third-order valence-corrected chi connectivity index (χ3v) is 5.17. The van der Waals surface area contributed by atoms with Gasteiger partial charge in [0.1, 0.15) is 0 Å². The van der Waals surface area contributed by atoms with Crippen molar-refractivity contribution in [2.75, 3.05) is 11.9 Å². The smallest absolute Gasteiger partial charge is 0.312 e. The first-order valence-corrected chi connectivity index (χ1v) is 8.06. The molecule has 1 N–H and O–H groups in total. The van der Waals surface area contributed by atoms with Crippen molar-refractivity contribution in [1.82, 2.24) is 4.98 Å². The molecule has 112 valence electrons. The molecule has 22 heavy (non-hydrogen) atoms. The molecule has 3 unspecified atom stereocenters. The molecule has 1 saturated carbocycles. The topological polar surface area (TPSA) is 68.1 Å². The lowest BCUT2D eigenvalue weighted by atomic mass is 10.0. The zero-order valence-electron chi connectivity index (χ0n) is 11.7. The van der Waals surface area contributed by atoms with Crippen molar-refractivity contribution in [3.8, 4) is 0 Å². The number of anilines is 1. The average Bonchev–Trinajstić information content (AvgIpc) is 3.04. The molecule has 4 rings (SSSR count). The van der Waals surface area contributed by atoms with Crippen LogP contribution in [-0.4, -0.2) is 16.5 Å². The Bertz CT molecular complexity index is 765. The minimum Gasteiger partial charge on any atom is -0.364 e. The van der Waals surface area contributed by atoms with Gasteiger partial charge in [0.05, 0.1) is 4.92 Å². The maximum atomic E-state index is 11.1. The van der Waals surface area contributed by atoms with Gasteiger partial charge in [-0.3, -0.25) is 10.1 Å². The quantitative estimate of drug-likeness (QED) is 0.666. The summed E-state index contributed by atoms with van der Waals surface area (Å²) in [7, 11) is 0. The largest absolute Gasteiger partial charge is 0.364 e. The van der Waals surface area contributed by atoms with E-state index in [2.05, 4.69) is 50.5 Å². The Morgan fingerprint density at radius 2 is 2.23 bits per heavy atom. The molecule has 6 heteroatoms. The predicted molar refractivity (Wildman–Crippen MR) is 86.9 cm³/mol. The lowest BCUT2D eigenvalue weighted by Crippen LogP contribution is -2.10. The summed E-state index contributed by atoms with van der Waals surface area (Å²) in [4.78, 5) is 14.8. The normalized spacial score (nSPS) is 24.5. The minimum atomic E-state index is -0.400. The van der Waals surface area contributed by atoms with Gasteiger partial charge in [-0.05, 0) is 51.2 Å². The second kappa shape index (κ2) is 5.05. The molecule has 1 fully saturated rings. The fourth-order valence-corrected chi connectivity index (χ4v) is 4.00. The molecule has 0 bridgehead atoms. The summed E-state index contributed by atoms with van der Waals surface area (Å²) < 4.78 is 0.613. The SMILES string of the molecule is O=[N+]([O-])c1cc(Br)cnc1NCC1C2Cc3ccccc3C12. The average molecular weight is 360 g/mol. The van der Waals surface area contributed by atoms with E-state index in [1.54, 1.807) is 6.20 Å². The van der Waals surface area contributed by atoms with Gasteiger partial charge in [0.2, 0.25) is 5.82 Å². The molecule has 3 atom stereocenters. The number of benzene rings is 1. The second-order valence-electron chi connectivity index (χ2n) is 5.92. The first kappa shape index (κ1) is 13.7. The van der Waals surface area contributed by atoms with Crippen molar-refractivity contribution >= 4 is 27.4 Å². The van der Waals surface area contributed by atoms with E-state index in [9.17, 15) is 10.1 Å². The highest BCUT2D eigenvalue weighted by atomic mass is 79.9. The van der Waals surface area contributed by atoms with Crippen molar-refractivity contribution < 1.29 is 4.92 Å². The number of hydrogen-bond acceptors (Lipinski definition) is 4. The summed E-state index contributed by atoms with van der Waals surface area (Å²) >= 11 is 3.22. The Kier molecular flexibility index (Phi) is 3.14. The number of rotatable bonds is 4. The molecule has 1 aromatic heterocycles. The van der Waals surface area contributed by atoms with E-state index in [4.69, 9.17) is 0 Å². The molecule has 0 spiro atoms. The fourth-order valence-electron chi connectivity index (χ4n) is 3.68. The van der Waals surface area contributed by atoms with E-state index in [0.717, 1.165) is 13.0 Å². The van der Waals surface area contributed by atoms with Crippen molar-refractivity contribution in [3.63, 3.8) is 0 Å². The van der Waals surface area contributed by atoms with E-state index in [-0.39, 0.29) is 5.69 Å². The van der Waals surface area contributed by atoms with Crippen LogP contribution in [-0.2, 0) is 6.42 Å². The van der Waals surface area contributed by atoms with Crippen LogP contribution in [0.4, 0.5) is 11.5 Å². The number of halogens is 1. The Hall–Kier alpha value is -1.95. The summed E-state index contributed by atoms with van der Waals surface area (Å²) in [6.45, 7) is 0.735. The number of nitrogens with one attached hydrogen (secondary N) is 1. The van der Waals surface area contributed by atoms with Crippen molar-refractivity contribution in [3.05, 3.63) is 62.2 Å². The molecule has 0 saturated heterocycles. The Morgan fingerprint density at radius 1 is 1.41 bits per heavy atom. The van der Waals surface area contributed by atoms with Gasteiger partial charge in [-0.25, -0.2) is 4.98 Å². The second-order valence-corrected chi connectivity index (χ2v) is 6.83. The van der Waals surface area contributed by atoms with Gasteiger partial charge in [0, 0.05) is 23.3 Å². The van der Waals surface area contributed by atoms with Crippen LogP contribution in [0.25, 0.3) is 0 Å². The van der Waals surface area contributed by atoms with Gasteiger partial charge in [0.25, 0.3) is 0 Å². The van der Waals surface area contributed by atoms with Crippen LogP contribution in [0.5, 0.6) is 0 Å². The molecule has 5 nitrogen and oxygen atoms in total. The maximum absolute atomic E-state index is 11.1. The third kappa shape index (κ3) is 2.18. The van der Waals surface area contributed by atoms with Crippen LogP contribution in [0.15, 0.2) is 41.0 Å². The van der Waals surface area contributed by atoms with Crippen LogP contribution in [0, 0.1) is 22.0 Å². The lowest BCUT2D eigenvalue weighted by molar-refractivity contribution is -0.384. The van der Waals surface area contributed by atoms with E-state index in [1.165, 1.54) is 17.2 Å². The summed E-state index contributed by atoms with van der Waals surface area (Å²) in [5.41, 5.74) is 2.93. The van der Waals surface area contributed by atoms with E-state index in [0.29, 0.717) is 28.0 Å². The van der Waals surface area contributed by atoms with Gasteiger partial charge >= 0.3 is 5.69 Å². The summed E-state index contributed by atoms with van der Waals surface area (Å²) in [5, 5.41) is 14.3. The third-order valence-electron chi connectivity index (χ3n) is 4.74. The first-order valence-electron chi connectivity index (χ1n) is 7.27. The molecule has 0 radical (unpaired) electrons. The van der Waals surface area contributed by atoms with Gasteiger partial charge in [-0.15, -0.1) is 0 Å². The molecule has 1 aromatic carbocycles. The van der Waals surface area contributed by atoms with Gasteiger partial charge in [-0.1, -0.05) is 24.3 Å². The number of hydrogen-bond donors (Lipinski definition) is 1. The van der Waals surface area contributed by atoms with Crippen LogP contribution in [0.1, 0.15) is 17.0 Å². The molecule has 2 aliphatic rings. The van der Waals surface area contributed by atoms with E-state index < -0.39 is 4.92 Å². The molecule has 2 aliphatic carbocycles. The molecule has 0 aliphatic heterocycles. The minimum absolute atomic E-state index is 0.0144. The Balaban J connectivity index is 1.47. The first-order chi connectivity index (χ1) is 10.6. The Morgan fingerprint density at radius 3 is 3.05 bits per heavy atom. The lowest BCUT2D eigenvalue weighted by Gasteiger charge is -2.09. The predicted octanol–water partition coefficient (Wildman–Crippen LogP) is 3.75. The van der Waals surface area contributed by atoms with Gasteiger partial charge in [-0.2, -0.15) is 0 Å². The summed E-state index contributed by atoms with van der Waals surface area (Å²) in [5.74, 6) is 2.20. The number of aromatic nitrogens is 1. The molecule has 1 heterocycles. The maximum Gasteiger partial charge on any atom is 0.312 e. The molecule has 2 aromatic rings. The monoisotopic (exact) mass is 359 g/mol. The molecular formula is C16H14BrN3O2. The van der Waals surface area contributed by atoms with Crippen molar-refractivity contribution in [2.45, 2.75) is 12.3 Å². The van der Waals surface area contributed by atoms with Crippen LogP contribution < -0.4 is 5.32 Å². The standard InChI is InChI=1S/C16H14BrN3O2/c17-10-6-14(20(21)22)16(18-7-10)19-8-13-12-5-9-3-1-2-4-11(9)15(12)13/h1-4,6-7,12-13,15H,5,8H2,(H,18,19). The number of fused-ring (bicyclic) bond motifs is 3. The highest BCUT2D eigenvalue weighted by Crippen LogP contribution is 2.61. The number of nitro groups is 1. The fraction of sp³-hybridized carbons (Fsp3) is 0.312. The number of nitrogens with zero attached hydrogens (tertiary/aromatic N) is 2. The molecular weight excluding hydrogens is 346 g/mol. The van der Waals surface area contributed by atoms with Gasteiger partial charge < -0.3 is 5.32 Å². The van der Waals surface area contributed by atoms with Crippen molar-refractivity contribution in [2.24, 2.45) is 11.8 Å². The van der Waals surface area contributed by atoms with E-state index in [1.807, 2.05) is 0 Å².